The van der Waals surface area contributed by atoms with Crippen LogP contribution in [0.25, 0.3) is 5.65 Å². The molecule has 0 amide bonds. The van der Waals surface area contributed by atoms with Crippen LogP contribution in [-0.4, -0.2) is 14.3 Å². The molecule has 122 valence electrons. The first-order valence-corrected chi connectivity index (χ1v) is 7.38. The molecular weight excluding hydrogens is 334 g/mol. The number of aryl methyl sites for hydroxylation is 1. The number of nitro groups is 1. The Balaban J connectivity index is 1.93. The molecule has 0 bridgehead atoms. The smallest absolute Gasteiger partial charge is 0.311 e. The van der Waals surface area contributed by atoms with Crippen molar-refractivity contribution in [3.05, 3.63) is 79.3 Å². The van der Waals surface area contributed by atoms with Gasteiger partial charge in [-0.05, 0) is 25.1 Å². The van der Waals surface area contributed by atoms with Gasteiger partial charge in [0.1, 0.15) is 12.3 Å². The van der Waals surface area contributed by atoms with Crippen LogP contribution < -0.4 is 10.3 Å². The highest BCUT2D eigenvalue weighted by Gasteiger charge is 2.16. The number of halogens is 1. The maximum Gasteiger partial charge on any atom is 0.311 e. The van der Waals surface area contributed by atoms with E-state index in [4.69, 9.17) is 16.3 Å². The summed E-state index contributed by atoms with van der Waals surface area (Å²) in [5.41, 5.74) is 1.19. The topological polar surface area (TPSA) is 86.7 Å². The van der Waals surface area contributed by atoms with Crippen molar-refractivity contribution in [1.29, 1.82) is 0 Å². The number of benzene rings is 1. The van der Waals surface area contributed by atoms with Crippen molar-refractivity contribution in [3.8, 4) is 5.75 Å². The molecule has 0 unspecified atom stereocenters. The van der Waals surface area contributed by atoms with Gasteiger partial charge in [-0.15, -0.1) is 0 Å². The Morgan fingerprint density at radius 3 is 2.83 bits per heavy atom. The Hall–Kier alpha value is -2.93. The summed E-state index contributed by atoms with van der Waals surface area (Å²) in [7, 11) is 0. The summed E-state index contributed by atoms with van der Waals surface area (Å²) in [5, 5.41) is 11.3. The highest BCUT2D eigenvalue weighted by molar-refractivity contribution is 6.30. The van der Waals surface area contributed by atoms with E-state index in [1.165, 1.54) is 28.7 Å². The molecule has 24 heavy (non-hydrogen) atoms. The largest absolute Gasteiger partial charge is 0.480 e. The predicted molar refractivity (Wildman–Crippen MR) is 88.6 cm³/mol. The van der Waals surface area contributed by atoms with Gasteiger partial charge in [0.05, 0.1) is 10.6 Å². The molecule has 3 rings (SSSR count). The molecule has 0 spiro atoms. The second kappa shape index (κ2) is 6.29. The summed E-state index contributed by atoms with van der Waals surface area (Å²) in [6, 6.07) is 10.7. The van der Waals surface area contributed by atoms with Crippen LogP contribution in [0.5, 0.6) is 5.75 Å². The number of rotatable bonds is 4. The third kappa shape index (κ3) is 3.07. The van der Waals surface area contributed by atoms with Crippen LogP contribution in [-0.2, 0) is 6.61 Å². The average molecular weight is 346 g/mol. The Bertz CT molecular complexity index is 1000. The van der Waals surface area contributed by atoms with Gasteiger partial charge < -0.3 is 4.74 Å². The van der Waals surface area contributed by atoms with Gasteiger partial charge >= 0.3 is 5.69 Å². The van der Waals surface area contributed by atoms with E-state index >= 15 is 0 Å². The molecule has 0 fully saturated rings. The molecule has 0 aliphatic rings. The first-order valence-electron chi connectivity index (χ1n) is 7.01. The maximum atomic E-state index is 12.2. The summed E-state index contributed by atoms with van der Waals surface area (Å²) in [4.78, 5) is 27.0. The van der Waals surface area contributed by atoms with Crippen molar-refractivity contribution < 1.29 is 9.66 Å². The van der Waals surface area contributed by atoms with E-state index in [9.17, 15) is 14.9 Å². The monoisotopic (exact) mass is 345 g/mol. The van der Waals surface area contributed by atoms with Gasteiger partial charge in [0.25, 0.3) is 5.56 Å². The number of nitro benzene ring substituents is 1. The summed E-state index contributed by atoms with van der Waals surface area (Å²) >= 11 is 5.85. The van der Waals surface area contributed by atoms with Gasteiger partial charge in [-0.2, -0.15) is 0 Å². The second-order valence-corrected chi connectivity index (χ2v) is 5.54. The zero-order chi connectivity index (χ0) is 17.3. The minimum atomic E-state index is -0.558. The first-order chi connectivity index (χ1) is 11.5. The van der Waals surface area contributed by atoms with Gasteiger partial charge in [0, 0.05) is 28.9 Å². The van der Waals surface area contributed by atoms with Crippen molar-refractivity contribution in [2.45, 2.75) is 13.5 Å². The van der Waals surface area contributed by atoms with Gasteiger partial charge in [-0.3, -0.25) is 19.3 Å². The molecule has 0 N–H and O–H groups in total. The standard InChI is InChI=1S/C16H12ClN3O4/c1-10-3-2-4-15-18-12(8-16(21)19(10)15)9-24-14-7-11(17)5-6-13(14)20(22)23/h2-8H,9H2,1H3. The summed E-state index contributed by atoms with van der Waals surface area (Å²) in [5.74, 6) is 0.0266. The molecule has 0 aliphatic carbocycles. The molecule has 1 aromatic carbocycles. The first kappa shape index (κ1) is 15.9. The molecule has 0 saturated heterocycles. The fourth-order valence-corrected chi connectivity index (χ4v) is 2.51. The van der Waals surface area contributed by atoms with Crippen molar-refractivity contribution in [3.63, 3.8) is 0 Å². The summed E-state index contributed by atoms with van der Waals surface area (Å²) in [6.07, 6.45) is 0. The summed E-state index contributed by atoms with van der Waals surface area (Å²) < 4.78 is 6.94. The number of hydrogen-bond donors (Lipinski definition) is 0. The lowest BCUT2D eigenvalue weighted by Crippen LogP contribution is -2.18. The van der Waals surface area contributed by atoms with E-state index in [1.54, 1.807) is 12.1 Å². The zero-order valence-corrected chi connectivity index (χ0v) is 13.4. The molecule has 0 atom stereocenters. The lowest BCUT2D eigenvalue weighted by Gasteiger charge is -2.09. The SMILES string of the molecule is Cc1cccc2nc(COc3cc(Cl)ccc3[N+](=O)[O-])cc(=O)n12. The highest BCUT2D eigenvalue weighted by atomic mass is 35.5. The molecule has 2 aromatic heterocycles. The fourth-order valence-electron chi connectivity index (χ4n) is 2.34. The van der Waals surface area contributed by atoms with Crippen LogP contribution in [0.1, 0.15) is 11.4 Å². The minimum absolute atomic E-state index is 0.0266. The van der Waals surface area contributed by atoms with E-state index in [2.05, 4.69) is 4.98 Å². The molecule has 8 heteroatoms. The molecular formula is C16H12ClN3O4. The van der Waals surface area contributed by atoms with Crippen LogP contribution >= 0.6 is 11.6 Å². The van der Waals surface area contributed by atoms with Crippen LogP contribution in [0.2, 0.25) is 5.02 Å². The molecule has 0 saturated carbocycles. The number of hydrogen-bond acceptors (Lipinski definition) is 5. The Labute approximate surface area is 141 Å². The Morgan fingerprint density at radius 2 is 2.08 bits per heavy atom. The van der Waals surface area contributed by atoms with Gasteiger partial charge in [-0.1, -0.05) is 17.7 Å². The summed E-state index contributed by atoms with van der Waals surface area (Å²) in [6.45, 7) is 1.72. The Kier molecular flexibility index (Phi) is 4.18. The van der Waals surface area contributed by atoms with E-state index in [0.29, 0.717) is 16.4 Å². The van der Waals surface area contributed by atoms with Crippen LogP contribution in [0.4, 0.5) is 5.69 Å². The molecule has 7 nitrogen and oxygen atoms in total. The van der Waals surface area contributed by atoms with Crippen molar-refractivity contribution in [2.75, 3.05) is 0 Å². The lowest BCUT2D eigenvalue weighted by atomic mass is 10.3. The van der Waals surface area contributed by atoms with E-state index in [0.717, 1.165) is 5.69 Å². The van der Waals surface area contributed by atoms with Crippen molar-refractivity contribution in [1.82, 2.24) is 9.38 Å². The number of ether oxygens (including phenoxy) is 1. The number of pyridine rings is 1. The second-order valence-electron chi connectivity index (χ2n) is 5.10. The highest BCUT2D eigenvalue weighted by Crippen LogP contribution is 2.30. The van der Waals surface area contributed by atoms with Crippen LogP contribution in [0.15, 0.2) is 47.3 Å². The number of nitrogens with zero attached hydrogens (tertiary/aromatic N) is 3. The Morgan fingerprint density at radius 1 is 1.29 bits per heavy atom. The van der Waals surface area contributed by atoms with Crippen molar-refractivity contribution in [2.24, 2.45) is 0 Å². The maximum absolute atomic E-state index is 12.2. The average Bonchev–Trinajstić information content (AvgIpc) is 2.52. The van der Waals surface area contributed by atoms with E-state index in [-0.39, 0.29) is 23.6 Å². The van der Waals surface area contributed by atoms with E-state index < -0.39 is 4.92 Å². The third-order valence-electron chi connectivity index (χ3n) is 3.43. The minimum Gasteiger partial charge on any atom is -0.480 e. The van der Waals surface area contributed by atoms with Gasteiger partial charge in [0.15, 0.2) is 5.75 Å². The predicted octanol–water partition coefficient (Wildman–Crippen LogP) is 3.14. The van der Waals surface area contributed by atoms with Gasteiger partial charge in [0.2, 0.25) is 0 Å². The molecule has 0 aliphatic heterocycles. The fraction of sp³-hybridized carbons (Fsp3) is 0.125. The third-order valence-corrected chi connectivity index (χ3v) is 3.66. The number of aromatic nitrogens is 2. The van der Waals surface area contributed by atoms with Gasteiger partial charge in [-0.25, -0.2) is 4.98 Å². The van der Waals surface area contributed by atoms with Crippen molar-refractivity contribution >= 4 is 22.9 Å². The molecule has 0 radical (unpaired) electrons. The number of fused-ring (bicyclic) bond motifs is 1. The quantitative estimate of drug-likeness (QED) is 0.535. The normalized spacial score (nSPS) is 10.8. The van der Waals surface area contributed by atoms with Crippen LogP contribution in [0.3, 0.4) is 0 Å². The lowest BCUT2D eigenvalue weighted by molar-refractivity contribution is -0.385. The van der Waals surface area contributed by atoms with Crippen LogP contribution in [0, 0.1) is 17.0 Å². The molecule has 2 heterocycles. The zero-order valence-electron chi connectivity index (χ0n) is 12.6. The molecule has 3 aromatic rings. The van der Waals surface area contributed by atoms with E-state index in [1.807, 2.05) is 13.0 Å².